The van der Waals surface area contributed by atoms with E-state index in [1.165, 1.54) is 23.4 Å². The first-order valence-corrected chi connectivity index (χ1v) is 8.50. The monoisotopic (exact) mass is 315 g/mol. The topological polar surface area (TPSA) is 45.2 Å². The Balaban J connectivity index is 1.63. The molecule has 2 aromatic rings. The van der Waals surface area contributed by atoms with Crippen LogP contribution in [-0.2, 0) is 0 Å². The Morgan fingerprint density at radius 3 is 2.82 bits per heavy atom. The average molecular weight is 315 g/mol. The largest absolute Gasteiger partial charge is 0.367 e. The smallest absolute Gasteiger partial charge is 0.263 e. The molecule has 0 unspecified atom stereocenters. The van der Waals surface area contributed by atoms with Crippen molar-refractivity contribution >= 4 is 22.9 Å². The third kappa shape index (κ3) is 3.14. The van der Waals surface area contributed by atoms with Crippen molar-refractivity contribution in [3.05, 3.63) is 45.9 Å². The number of para-hydroxylation sites is 1. The molecule has 22 heavy (non-hydrogen) atoms. The van der Waals surface area contributed by atoms with E-state index in [2.05, 4.69) is 39.5 Å². The number of rotatable bonds is 4. The van der Waals surface area contributed by atoms with Crippen molar-refractivity contribution in [2.24, 2.45) is 0 Å². The first-order chi connectivity index (χ1) is 10.6. The van der Waals surface area contributed by atoms with Crippen LogP contribution in [0.5, 0.6) is 0 Å². The second-order valence-corrected chi connectivity index (χ2v) is 6.89. The highest BCUT2D eigenvalue weighted by Gasteiger charge is 2.25. The zero-order valence-corrected chi connectivity index (χ0v) is 13.8. The van der Waals surface area contributed by atoms with Crippen LogP contribution in [0.15, 0.2) is 30.3 Å². The average Bonchev–Trinajstić information content (AvgIpc) is 3.12. The second kappa shape index (κ2) is 6.48. The van der Waals surface area contributed by atoms with Gasteiger partial charge >= 0.3 is 0 Å². The molecule has 4 nitrogen and oxygen atoms in total. The van der Waals surface area contributed by atoms with E-state index in [1.807, 2.05) is 19.9 Å². The summed E-state index contributed by atoms with van der Waals surface area (Å²) in [7, 11) is 0. The summed E-state index contributed by atoms with van der Waals surface area (Å²) in [4.78, 5) is 19.8. The highest BCUT2D eigenvalue weighted by Crippen LogP contribution is 2.25. The predicted octanol–water partition coefficient (Wildman–Crippen LogP) is 3.16. The maximum absolute atomic E-state index is 12.3. The summed E-state index contributed by atoms with van der Waals surface area (Å²) in [5.41, 5.74) is 2.07. The van der Waals surface area contributed by atoms with Gasteiger partial charge in [0.1, 0.15) is 4.88 Å². The Morgan fingerprint density at radius 2 is 2.14 bits per heavy atom. The van der Waals surface area contributed by atoms with Gasteiger partial charge in [0.2, 0.25) is 0 Å². The summed E-state index contributed by atoms with van der Waals surface area (Å²) in [6.45, 7) is 5.57. The number of hydrogen-bond donors (Lipinski definition) is 1. The van der Waals surface area contributed by atoms with Gasteiger partial charge in [-0.3, -0.25) is 4.79 Å². The lowest BCUT2D eigenvalue weighted by atomic mass is 10.2. The standard InChI is InChI=1S/C17H21N3OS/c1-12-16(22-13(2)19-12)17(21)18-11-15-9-6-10-20(15)14-7-4-3-5-8-14/h3-5,7-8,15H,6,9-11H2,1-2H3,(H,18,21)/t15-/m1/s1. The molecule has 116 valence electrons. The van der Waals surface area contributed by atoms with E-state index in [0.29, 0.717) is 12.6 Å². The van der Waals surface area contributed by atoms with Gasteiger partial charge in [-0.05, 0) is 38.8 Å². The lowest BCUT2D eigenvalue weighted by Crippen LogP contribution is -2.40. The predicted molar refractivity (Wildman–Crippen MR) is 90.7 cm³/mol. The molecule has 1 aromatic heterocycles. The molecule has 1 aliphatic rings. The van der Waals surface area contributed by atoms with E-state index in [-0.39, 0.29) is 5.91 Å². The van der Waals surface area contributed by atoms with Gasteiger partial charge in [-0.15, -0.1) is 11.3 Å². The first-order valence-electron chi connectivity index (χ1n) is 7.69. The number of amides is 1. The Morgan fingerprint density at radius 1 is 1.36 bits per heavy atom. The van der Waals surface area contributed by atoms with Crippen LogP contribution >= 0.6 is 11.3 Å². The molecule has 5 heteroatoms. The lowest BCUT2D eigenvalue weighted by Gasteiger charge is -2.27. The number of anilines is 1. The number of nitrogens with zero attached hydrogens (tertiary/aromatic N) is 2. The number of aromatic nitrogens is 1. The summed E-state index contributed by atoms with van der Waals surface area (Å²) in [5.74, 6) is 0.00279. The van der Waals surface area contributed by atoms with Gasteiger partial charge in [-0.1, -0.05) is 18.2 Å². The molecule has 0 spiro atoms. The van der Waals surface area contributed by atoms with E-state index in [9.17, 15) is 4.79 Å². The fourth-order valence-corrected chi connectivity index (χ4v) is 3.88. The second-order valence-electron chi connectivity index (χ2n) is 5.68. The van der Waals surface area contributed by atoms with E-state index < -0.39 is 0 Å². The van der Waals surface area contributed by atoms with Crippen LogP contribution in [0.3, 0.4) is 0 Å². The normalized spacial score (nSPS) is 17.7. The molecule has 2 heterocycles. The molecule has 0 saturated carbocycles. The minimum Gasteiger partial charge on any atom is -0.367 e. The number of nitrogens with one attached hydrogen (secondary N) is 1. The van der Waals surface area contributed by atoms with Gasteiger partial charge in [0.25, 0.3) is 5.91 Å². The van der Waals surface area contributed by atoms with Gasteiger partial charge in [0.15, 0.2) is 0 Å². The Hall–Kier alpha value is -1.88. The van der Waals surface area contributed by atoms with Gasteiger partial charge in [0.05, 0.1) is 10.7 Å². The van der Waals surface area contributed by atoms with E-state index in [4.69, 9.17) is 0 Å². The van der Waals surface area contributed by atoms with Crippen LogP contribution in [0.2, 0.25) is 0 Å². The molecule has 3 rings (SSSR count). The maximum atomic E-state index is 12.3. The Bertz CT molecular complexity index is 653. The molecular formula is C17H21N3OS. The van der Waals surface area contributed by atoms with Crippen molar-refractivity contribution in [2.45, 2.75) is 32.7 Å². The summed E-state index contributed by atoms with van der Waals surface area (Å²) < 4.78 is 0. The Labute approximate surface area is 135 Å². The quantitative estimate of drug-likeness (QED) is 0.942. The van der Waals surface area contributed by atoms with Crippen molar-refractivity contribution in [2.75, 3.05) is 18.0 Å². The van der Waals surface area contributed by atoms with Crippen LogP contribution in [0, 0.1) is 13.8 Å². The minimum absolute atomic E-state index is 0.00279. The zero-order valence-electron chi connectivity index (χ0n) is 13.0. The highest BCUT2D eigenvalue weighted by atomic mass is 32.1. The van der Waals surface area contributed by atoms with Crippen LogP contribution in [0.4, 0.5) is 5.69 Å². The van der Waals surface area contributed by atoms with Crippen molar-refractivity contribution in [3.63, 3.8) is 0 Å². The van der Waals surface area contributed by atoms with Gasteiger partial charge in [-0.2, -0.15) is 0 Å². The Kier molecular flexibility index (Phi) is 4.43. The number of carbonyl (C=O) groups excluding carboxylic acids is 1. The van der Waals surface area contributed by atoms with Crippen LogP contribution in [0.1, 0.15) is 33.2 Å². The van der Waals surface area contributed by atoms with Crippen molar-refractivity contribution in [3.8, 4) is 0 Å². The van der Waals surface area contributed by atoms with Crippen molar-refractivity contribution < 1.29 is 4.79 Å². The highest BCUT2D eigenvalue weighted by molar-refractivity contribution is 7.13. The maximum Gasteiger partial charge on any atom is 0.263 e. The summed E-state index contributed by atoms with van der Waals surface area (Å²) in [6, 6.07) is 10.8. The molecule has 0 aliphatic carbocycles. The molecule has 1 fully saturated rings. The molecule has 1 aromatic carbocycles. The molecule has 1 atom stereocenters. The van der Waals surface area contributed by atoms with Crippen LogP contribution < -0.4 is 10.2 Å². The minimum atomic E-state index is 0.00279. The van der Waals surface area contributed by atoms with Gasteiger partial charge < -0.3 is 10.2 Å². The number of benzene rings is 1. The fraction of sp³-hybridized carbons (Fsp3) is 0.412. The molecule has 1 aliphatic heterocycles. The molecule has 0 radical (unpaired) electrons. The van der Waals surface area contributed by atoms with Crippen LogP contribution in [-0.4, -0.2) is 30.0 Å². The summed E-state index contributed by atoms with van der Waals surface area (Å²) in [6.07, 6.45) is 2.30. The summed E-state index contributed by atoms with van der Waals surface area (Å²) in [5, 5.41) is 4.02. The van der Waals surface area contributed by atoms with E-state index >= 15 is 0 Å². The van der Waals surface area contributed by atoms with E-state index in [1.54, 1.807) is 0 Å². The number of carbonyl (C=O) groups is 1. The number of aryl methyl sites for hydroxylation is 2. The number of hydrogen-bond acceptors (Lipinski definition) is 4. The molecule has 1 saturated heterocycles. The van der Waals surface area contributed by atoms with Crippen molar-refractivity contribution in [1.82, 2.24) is 10.3 Å². The zero-order chi connectivity index (χ0) is 15.5. The summed E-state index contributed by atoms with van der Waals surface area (Å²) >= 11 is 1.47. The molecule has 1 N–H and O–H groups in total. The third-order valence-corrected chi connectivity index (χ3v) is 5.14. The molecule has 1 amide bonds. The third-order valence-electron chi connectivity index (χ3n) is 4.07. The van der Waals surface area contributed by atoms with Crippen molar-refractivity contribution in [1.29, 1.82) is 0 Å². The molecule has 0 bridgehead atoms. The molecular weight excluding hydrogens is 294 g/mol. The first kappa shape index (κ1) is 15.0. The number of thiazole rings is 1. The SMILES string of the molecule is Cc1nc(C)c(C(=O)NC[C@H]2CCCN2c2ccccc2)s1. The van der Waals surface area contributed by atoms with Crippen LogP contribution in [0.25, 0.3) is 0 Å². The van der Waals surface area contributed by atoms with Gasteiger partial charge in [-0.25, -0.2) is 4.98 Å². The van der Waals surface area contributed by atoms with Gasteiger partial charge in [0, 0.05) is 24.8 Å². The van der Waals surface area contributed by atoms with E-state index in [0.717, 1.165) is 28.5 Å². The lowest BCUT2D eigenvalue weighted by molar-refractivity contribution is 0.0954. The fourth-order valence-electron chi connectivity index (χ4n) is 3.04.